The van der Waals surface area contributed by atoms with Crippen LogP contribution >= 0.6 is 23.2 Å². The predicted molar refractivity (Wildman–Crippen MR) is 126 cm³/mol. The van der Waals surface area contributed by atoms with Crippen molar-refractivity contribution in [3.8, 4) is 0 Å². The molecule has 0 saturated carbocycles. The van der Waals surface area contributed by atoms with Crippen molar-refractivity contribution in [1.82, 2.24) is 15.3 Å². The van der Waals surface area contributed by atoms with Crippen molar-refractivity contribution >= 4 is 55.9 Å². The second kappa shape index (κ2) is 8.82. The first-order valence-electron chi connectivity index (χ1n) is 9.56. The van der Waals surface area contributed by atoms with Gasteiger partial charge < -0.3 is 10.3 Å². The van der Waals surface area contributed by atoms with Crippen LogP contribution in [0.15, 0.2) is 71.6 Å². The van der Waals surface area contributed by atoms with Gasteiger partial charge in [0.1, 0.15) is 10.7 Å². The second-order valence-corrected chi connectivity index (χ2v) is 9.59. The topological polar surface area (TPSA) is 104 Å². The molecule has 4 rings (SSSR count). The number of imidazole rings is 1. The van der Waals surface area contributed by atoms with Crippen molar-refractivity contribution < 1.29 is 13.2 Å². The monoisotopic (exact) mass is 488 g/mol. The summed E-state index contributed by atoms with van der Waals surface area (Å²) >= 11 is 12.0. The Balaban J connectivity index is 1.55. The maximum Gasteiger partial charge on any atom is 0.263 e. The summed E-state index contributed by atoms with van der Waals surface area (Å²) in [6.07, 6.45) is 0. The van der Waals surface area contributed by atoms with Crippen LogP contribution in [0.4, 0.5) is 5.69 Å². The first-order chi connectivity index (χ1) is 15.2. The maximum atomic E-state index is 12.8. The van der Waals surface area contributed by atoms with Crippen LogP contribution < -0.4 is 10.0 Å². The highest BCUT2D eigenvalue weighted by molar-refractivity contribution is 7.92. The molecule has 32 heavy (non-hydrogen) atoms. The van der Waals surface area contributed by atoms with E-state index in [0.717, 1.165) is 11.0 Å². The maximum absolute atomic E-state index is 12.8. The second-order valence-electron chi connectivity index (χ2n) is 7.09. The number of rotatable bonds is 6. The summed E-state index contributed by atoms with van der Waals surface area (Å²) in [5.41, 5.74) is 2.11. The number of aromatic amines is 1. The average molecular weight is 489 g/mol. The summed E-state index contributed by atoms with van der Waals surface area (Å²) in [5.74, 6) is 0.128. The number of fused-ring (bicyclic) bond motifs is 1. The van der Waals surface area contributed by atoms with Crippen molar-refractivity contribution in [2.24, 2.45) is 0 Å². The van der Waals surface area contributed by atoms with Crippen molar-refractivity contribution in [3.05, 3.63) is 88.2 Å². The van der Waals surface area contributed by atoms with Crippen LogP contribution in [0.3, 0.4) is 0 Å². The lowest BCUT2D eigenvalue weighted by Crippen LogP contribution is -2.27. The molecule has 1 unspecified atom stereocenters. The molecule has 4 aromatic rings. The lowest BCUT2D eigenvalue weighted by atomic mass is 10.2. The number of anilines is 1. The Morgan fingerprint density at radius 3 is 2.47 bits per heavy atom. The number of benzene rings is 3. The largest absolute Gasteiger partial charge is 0.342 e. The third-order valence-corrected chi connectivity index (χ3v) is 6.86. The number of nitrogens with one attached hydrogen (secondary N) is 3. The van der Waals surface area contributed by atoms with Crippen molar-refractivity contribution in [2.75, 3.05) is 4.72 Å². The standard InChI is InChI=1S/C22H18Cl2N4O3S/c1-13(21-26-18-4-2-3-5-19(18)27-21)25-22(29)14-6-11-17(24)20(12-14)32(30,31)28-16-9-7-15(23)8-10-16/h2-13,28H,1H3,(H,25,29)(H,26,27). The Morgan fingerprint density at radius 1 is 1.03 bits per heavy atom. The molecule has 3 N–H and O–H groups in total. The fourth-order valence-corrected chi connectivity index (χ4v) is 4.82. The molecule has 0 aliphatic carbocycles. The molecule has 0 fully saturated rings. The highest BCUT2D eigenvalue weighted by atomic mass is 35.5. The zero-order valence-corrected chi connectivity index (χ0v) is 19.1. The van der Waals surface area contributed by atoms with Gasteiger partial charge in [0.2, 0.25) is 0 Å². The van der Waals surface area contributed by atoms with E-state index in [1.807, 2.05) is 24.3 Å². The Hall–Kier alpha value is -3.07. The molecule has 0 spiro atoms. The van der Waals surface area contributed by atoms with E-state index in [1.165, 1.54) is 30.3 Å². The summed E-state index contributed by atoms with van der Waals surface area (Å²) < 4.78 is 28.1. The number of amides is 1. The molecule has 1 amide bonds. The number of nitrogens with zero attached hydrogens (tertiary/aromatic N) is 1. The molecular formula is C22H18Cl2N4O3S. The molecular weight excluding hydrogens is 471 g/mol. The lowest BCUT2D eigenvalue weighted by Gasteiger charge is -2.14. The average Bonchev–Trinajstić information content (AvgIpc) is 3.20. The smallest absolute Gasteiger partial charge is 0.263 e. The van der Waals surface area contributed by atoms with Crippen LogP contribution in [-0.2, 0) is 10.0 Å². The molecule has 3 aromatic carbocycles. The molecule has 0 aliphatic rings. The molecule has 0 aliphatic heterocycles. The minimum absolute atomic E-state index is 0.00616. The van der Waals surface area contributed by atoms with E-state index in [2.05, 4.69) is 20.0 Å². The molecule has 0 radical (unpaired) electrons. The minimum atomic E-state index is -4.03. The van der Waals surface area contributed by atoms with Gasteiger partial charge in [-0.25, -0.2) is 13.4 Å². The van der Waals surface area contributed by atoms with Gasteiger partial charge in [-0.15, -0.1) is 0 Å². The van der Waals surface area contributed by atoms with Crippen molar-refractivity contribution in [3.63, 3.8) is 0 Å². The van der Waals surface area contributed by atoms with Gasteiger partial charge in [0.15, 0.2) is 0 Å². The summed E-state index contributed by atoms with van der Waals surface area (Å²) in [5, 5.41) is 3.29. The van der Waals surface area contributed by atoms with Gasteiger partial charge in [0, 0.05) is 16.3 Å². The number of aromatic nitrogens is 2. The Bertz CT molecular complexity index is 1370. The highest BCUT2D eigenvalue weighted by Gasteiger charge is 2.22. The van der Waals surface area contributed by atoms with Crippen LogP contribution in [0.25, 0.3) is 11.0 Å². The van der Waals surface area contributed by atoms with Gasteiger partial charge >= 0.3 is 0 Å². The number of H-pyrrole nitrogens is 1. The molecule has 0 saturated heterocycles. The van der Waals surface area contributed by atoms with Crippen LogP contribution in [0.1, 0.15) is 29.1 Å². The third-order valence-electron chi connectivity index (χ3n) is 4.74. The fraction of sp³-hybridized carbons (Fsp3) is 0.0909. The molecule has 1 atom stereocenters. The van der Waals surface area contributed by atoms with Crippen LogP contribution in [0.5, 0.6) is 0 Å². The van der Waals surface area contributed by atoms with Crippen LogP contribution in [0, 0.1) is 0 Å². The number of sulfonamides is 1. The Morgan fingerprint density at radius 2 is 1.75 bits per heavy atom. The summed E-state index contributed by atoms with van der Waals surface area (Å²) in [6, 6.07) is 17.3. The van der Waals surface area contributed by atoms with Gasteiger partial charge in [-0.2, -0.15) is 0 Å². The molecule has 10 heteroatoms. The quantitative estimate of drug-likeness (QED) is 0.348. The van der Waals surface area contributed by atoms with Gasteiger partial charge in [-0.05, 0) is 61.5 Å². The van der Waals surface area contributed by atoms with Crippen LogP contribution in [0.2, 0.25) is 10.0 Å². The number of hydrogen-bond acceptors (Lipinski definition) is 4. The van der Waals surface area contributed by atoms with Crippen molar-refractivity contribution in [1.29, 1.82) is 0 Å². The summed E-state index contributed by atoms with van der Waals surface area (Å²) in [7, 11) is -4.03. The zero-order valence-electron chi connectivity index (χ0n) is 16.8. The first kappa shape index (κ1) is 22.1. The summed E-state index contributed by atoms with van der Waals surface area (Å²) in [6.45, 7) is 1.78. The number of carbonyl (C=O) groups excluding carboxylic acids is 1. The van der Waals surface area contributed by atoms with E-state index >= 15 is 0 Å². The molecule has 164 valence electrons. The number of hydrogen-bond donors (Lipinski definition) is 3. The minimum Gasteiger partial charge on any atom is -0.342 e. The van der Waals surface area contributed by atoms with E-state index in [1.54, 1.807) is 19.1 Å². The zero-order chi connectivity index (χ0) is 22.9. The van der Waals surface area contributed by atoms with E-state index in [-0.39, 0.29) is 15.5 Å². The highest BCUT2D eigenvalue weighted by Crippen LogP contribution is 2.26. The number of halogens is 2. The molecule has 1 aromatic heterocycles. The van der Waals surface area contributed by atoms with E-state index in [9.17, 15) is 13.2 Å². The first-order valence-corrected chi connectivity index (χ1v) is 11.8. The molecule has 1 heterocycles. The van der Waals surface area contributed by atoms with Gasteiger partial charge in [0.25, 0.3) is 15.9 Å². The molecule has 0 bridgehead atoms. The van der Waals surface area contributed by atoms with Crippen molar-refractivity contribution in [2.45, 2.75) is 17.9 Å². The van der Waals surface area contributed by atoms with E-state index in [0.29, 0.717) is 16.5 Å². The SMILES string of the molecule is CC(NC(=O)c1ccc(Cl)c(S(=O)(=O)Nc2ccc(Cl)cc2)c1)c1nc2ccccc2[nH]1. The number of carbonyl (C=O) groups is 1. The molecule has 7 nitrogen and oxygen atoms in total. The Kier molecular flexibility index (Phi) is 6.10. The number of para-hydroxylation sites is 2. The summed E-state index contributed by atoms with van der Waals surface area (Å²) in [4.78, 5) is 20.2. The lowest BCUT2D eigenvalue weighted by molar-refractivity contribution is 0.0938. The predicted octanol–water partition coefficient (Wildman–Crippen LogP) is 5.16. The fourth-order valence-electron chi connectivity index (χ4n) is 3.10. The van der Waals surface area contributed by atoms with E-state index < -0.39 is 22.0 Å². The van der Waals surface area contributed by atoms with E-state index in [4.69, 9.17) is 23.2 Å². The third kappa shape index (κ3) is 4.72. The normalized spacial score (nSPS) is 12.5. The van der Waals surface area contributed by atoms with Gasteiger partial charge in [0.05, 0.1) is 22.1 Å². The van der Waals surface area contributed by atoms with Crippen LogP contribution in [-0.4, -0.2) is 24.3 Å². The van der Waals surface area contributed by atoms with Gasteiger partial charge in [-0.1, -0.05) is 35.3 Å². The Labute approximate surface area is 194 Å². The van der Waals surface area contributed by atoms with Gasteiger partial charge in [-0.3, -0.25) is 9.52 Å².